The van der Waals surface area contributed by atoms with E-state index in [1.54, 1.807) is 7.11 Å². The Hall–Kier alpha value is -1.91. The number of ether oxygens (including phenoxy) is 1. The maximum absolute atomic E-state index is 11.8. The van der Waals surface area contributed by atoms with Crippen LogP contribution in [0.3, 0.4) is 0 Å². The second-order valence-corrected chi connectivity index (χ2v) is 4.87. The molecular formula is C15H25N3O2. The first-order valence-corrected chi connectivity index (χ1v) is 6.98. The van der Waals surface area contributed by atoms with Crippen LogP contribution in [0.4, 0.5) is 16.2 Å². The van der Waals surface area contributed by atoms with Crippen LogP contribution in [0.1, 0.15) is 26.2 Å². The number of amides is 2. The van der Waals surface area contributed by atoms with Crippen molar-refractivity contribution in [3.8, 4) is 5.75 Å². The summed E-state index contributed by atoms with van der Waals surface area (Å²) in [5.41, 5.74) is 1.68. The summed E-state index contributed by atoms with van der Waals surface area (Å²) in [4.78, 5) is 13.8. The van der Waals surface area contributed by atoms with Crippen molar-refractivity contribution in [2.75, 3.05) is 38.0 Å². The zero-order valence-electron chi connectivity index (χ0n) is 12.8. The Morgan fingerprint density at radius 1 is 1.30 bits per heavy atom. The highest BCUT2D eigenvalue weighted by atomic mass is 16.5. The molecule has 0 aliphatic rings. The molecule has 0 aliphatic heterocycles. The molecule has 1 aromatic rings. The average Bonchev–Trinajstić information content (AvgIpc) is 2.43. The van der Waals surface area contributed by atoms with Crippen LogP contribution in [0.15, 0.2) is 18.2 Å². The molecule has 20 heavy (non-hydrogen) atoms. The highest BCUT2D eigenvalue weighted by molar-refractivity contribution is 5.93. The van der Waals surface area contributed by atoms with Gasteiger partial charge in [0.2, 0.25) is 0 Å². The van der Waals surface area contributed by atoms with Crippen LogP contribution in [0.25, 0.3) is 0 Å². The molecule has 1 rings (SSSR count). The number of carbonyl (C=O) groups is 1. The smallest absolute Gasteiger partial charge is 0.319 e. The summed E-state index contributed by atoms with van der Waals surface area (Å²) in [6, 6.07) is 5.40. The lowest BCUT2D eigenvalue weighted by Gasteiger charge is -2.19. The molecule has 5 heteroatoms. The van der Waals surface area contributed by atoms with E-state index in [4.69, 9.17) is 4.74 Å². The van der Waals surface area contributed by atoms with E-state index in [-0.39, 0.29) is 6.03 Å². The van der Waals surface area contributed by atoms with E-state index in [0.29, 0.717) is 6.54 Å². The van der Waals surface area contributed by atoms with Gasteiger partial charge in [0.15, 0.2) is 0 Å². The number of benzene rings is 1. The van der Waals surface area contributed by atoms with Gasteiger partial charge in [-0.05, 0) is 18.6 Å². The van der Waals surface area contributed by atoms with Crippen molar-refractivity contribution < 1.29 is 9.53 Å². The molecule has 0 saturated heterocycles. The molecule has 1 aromatic carbocycles. The summed E-state index contributed by atoms with van der Waals surface area (Å²) in [5.74, 6) is 0.766. The second-order valence-electron chi connectivity index (χ2n) is 4.87. The van der Waals surface area contributed by atoms with Gasteiger partial charge in [0.1, 0.15) is 5.75 Å². The Morgan fingerprint density at radius 3 is 2.65 bits per heavy atom. The summed E-state index contributed by atoms with van der Waals surface area (Å²) >= 11 is 0. The zero-order valence-corrected chi connectivity index (χ0v) is 12.8. The summed E-state index contributed by atoms with van der Waals surface area (Å²) in [6.45, 7) is 2.84. The van der Waals surface area contributed by atoms with Gasteiger partial charge >= 0.3 is 6.03 Å². The molecule has 0 radical (unpaired) electrons. The molecule has 2 amide bonds. The minimum absolute atomic E-state index is 0.172. The molecule has 0 saturated carbocycles. The fourth-order valence-electron chi connectivity index (χ4n) is 1.86. The molecule has 2 N–H and O–H groups in total. The van der Waals surface area contributed by atoms with E-state index in [2.05, 4.69) is 17.6 Å². The Labute approximate surface area is 121 Å². The van der Waals surface area contributed by atoms with Crippen LogP contribution in [0.5, 0.6) is 5.75 Å². The fraction of sp³-hybridized carbons (Fsp3) is 0.533. The van der Waals surface area contributed by atoms with E-state index in [9.17, 15) is 4.79 Å². The van der Waals surface area contributed by atoms with E-state index in [1.807, 2.05) is 37.2 Å². The van der Waals surface area contributed by atoms with E-state index in [1.165, 1.54) is 0 Å². The van der Waals surface area contributed by atoms with Crippen LogP contribution < -0.4 is 20.3 Å². The molecule has 0 unspecified atom stereocenters. The maximum Gasteiger partial charge on any atom is 0.319 e. The number of rotatable bonds is 7. The molecule has 0 atom stereocenters. The van der Waals surface area contributed by atoms with Gasteiger partial charge in [0, 0.05) is 26.7 Å². The first-order chi connectivity index (χ1) is 9.58. The number of unbranched alkanes of at least 4 members (excludes halogenated alkanes) is 2. The Bertz CT molecular complexity index is 433. The van der Waals surface area contributed by atoms with Crippen LogP contribution in [-0.2, 0) is 0 Å². The maximum atomic E-state index is 11.8. The lowest BCUT2D eigenvalue weighted by atomic mass is 10.2. The third-order valence-electron chi connectivity index (χ3n) is 3.00. The van der Waals surface area contributed by atoms with Crippen LogP contribution in [0.2, 0.25) is 0 Å². The van der Waals surface area contributed by atoms with Gasteiger partial charge in [-0.15, -0.1) is 0 Å². The number of anilines is 2. The average molecular weight is 279 g/mol. The number of hydrogen-bond donors (Lipinski definition) is 2. The van der Waals surface area contributed by atoms with E-state index >= 15 is 0 Å². The van der Waals surface area contributed by atoms with Crippen molar-refractivity contribution in [3.05, 3.63) is 18.2 Å². The molecule has 0 heterocycles. The predicted octanol–water partition coefficient (Wildman–Crippen LogP) is 3.07. The number of carbonyl (C=O) groups excluding carboxylic acids is 1. The van der Waals surface area contributed by atoms with Crippen molar-refractivity contribution in [1.29, 1.82) is 0 Å². The van der Waals surface area contributed by atoms with Gasteiger partial charge in [-0.2, -0.15) is 0 Å². The van der Waals surface area contributed by atoms with Crippen LogP contribution >= 0.6 is 0 Å². The molecule has 0 spiro atoms. The number of nitrogens with zero attached hydrogens (tertiary/aromatic N) is 1. The predicted molar refractivity (Wildman–Crippen MR) is 83.9 cm³/mol. The fourth-order valence-corrected chi connectivity index (χ4v) is 1.86. The van der Waals surface area contributed by atoms with Gasteiger partial charge in [-0.1, -0.05) is 19.8 Å². The quantitative estimate of drug-likeness (QED) is 0.754. The van der Waals surface area contributed by atoms with E-state index < -0.39 is 0 Å². The van der Waals surface area contributed by atoms with Crippen LogP contribution in [0, 0.1) is 0 Å². The van der Waals surface area contributed by atoms with Crippen molar-refractivity contribution in [2.45, 2.75) is 26.2 Å². The third-order valence-corrected chi connectivity index (χ3v) is 3.00. The normalized spacial score (nSPS) is 10.0. The minimum atomic E-state index is -0.172. The molecule has 0 bridgehead atoms. The van der Waals surface area contributed by atoms with E-state index in [0.717, 1.165) is 36.4 Å². The molecule has 0 aliphatic carbocycles. The van der Waals surface area contributed by atoms with Gasteiger partial charge < -0.3 is 20.3 Å². The first-order valence-electron chi connectivity index (χ1n) is 6.98. The highest BCUT2D eigenvalue weighted by Gasteiger charge is 2.09. The summed E-state index contributed by atoms with van der Waals surface area (Å²) in [5, 5.41) is 5.73. The second kappa shape index (κ2) is 8.30. The van der Waals surface area contributed by atoms with Gasteiger partial charge in [-0.25, -0.2) is 4.79 Å². The lowest BCUT2D eigenvalue weighted by Crippen LogP contribution is -2.30. The topological polar surface area (TPSA) is 53.6 Å². The monoisotopic (exact) mass is 279 g/mol. The number of nitrogens with one attached hydrogen (secondary N) is 2. The summed E-state index contributed by atoms with van der Waals surface area (Å²) in [7, 11) is 5.49. The van der Waals surface area contributed by atoms with Gasteiger partial charge in [-0.3, -0.25) is 0 Å². The van der Waals surface area contributed by atoms with Gasteiger partial charge in [0.25, 0.3) is 0 Å². The Kier molecular flexibility index (Phi) is 6.70. The SMILES string of the molecule is CCCCCNC(=O)Nc1ccc(OC)cc1N(C)C. The van der Waals surface area contributed by atoms with Crippen LogP contribution in [-0.4, -0.2) is 33.8 Å². The molecule has 0 aromatic heterocycles. The third kappa shape index (κ3) is 4.99. The minimum Gasteiger partial charge on any atom is -0.497 e. The summed E-state index contributed by atoms with van der Waals surface area (Å²) in [6.07, 6.45) is 3.28. The molecule has 112 valence electrons. The zero-order chi connectivity index (χ0) is 15.0. The Morgan fingerprint density at radius 2 is 2.05 bits per heavy atom. The van der Waals surface area contributed by atoms with Gasteiger partial charge in [0.05, 0.1) is 18.5 Å². The van der Waals surface area contributed by atoms with Crippen molar-refractivity contribution >= 4 is 17.4 Å². The number of urea groups is 1. The summed E-state index contributed by atoms with van der Waals surface area (Å²) < 4.78 is 5.20. The Balaban J connectivity index is 2.64. The standard InChI is InChI=1S/C15H25N3O2/c1-5-6-7-10-16-15(19)17-13-9-8-12(20-4)11-14(13)18(2)3/h8-9,11H,5-7,10H2,1-4H3,(H2,16,17,19). The highest BCUT2D eigenvalue weighted by Crippen LogP contribution is 2.28. The van der Waals surface area contributed by atoms with Crippen molar-refractivity contribution in [1.82, 2.24) is 5.32 Å². The van der Waals surface area contributed by atoms with Crippen molar-refractivity contribution in [3.63, 3.8) is 0 Å². The number of hydrogen-bond acceptors (Lipinski definition) is 3. The lowest BCUT2D eigenvalue weighted by molar-refractivity contribution is 0.252. The molecule has 0 fully saturated rings. The molecule has 5 nitrogen and oxygen atoms in total. The first kappa shape index (κ1) is 16.1. The number of methoxy groups -OCH3 is 1. The molecular weight excluding hydrogens is 254 g/mol. The largest absolute Gasteiger partial charge is 0.497 e. The van der Waals surface area contributed by atoms with Crippen molar-refractivity contribution in [2.24, 2.45) is 0 Å².